The standard InChI is InChI=1S/C15H20N4O5S/c20-14-2-1-3-15(21)19(14)8-9-25(22,23)18-7-4-12(11-18)24-13-10-16-5-6-17-13/h5-6,10,12H,1-4,7-9,11H2. The van der Waals surface area contributed by atoms with Crippen LogP contribution in [0.1, 0.15) is 25.7 Å². The molecule has 0 aliphatic carbocycles. The number of ether oxygens (including phenoxy) is 1. The number of hydrogen-bond acceptors (Lipinski definition) is 7. The van der Waals surface area contributed by atoms with Gasteiger partial charge in [0.25, 0.3) is 0 Å². The molecule has 3 rings (SSSR count). The van der Waals surface area contributed by atoms with E-state index in [0.29, 0.717) is 38.1 Å². The quantitative estimate of drug-likeness (QED) is 0.640. The van der Waals surface area contributed by atoms with E-state index in [1.54, 1.807) is 0 Å². The molecule has 25 heavy (non-hydrogen) atoms. The van der Waals surface area contributed by atoms with Gasteiger partial charge in [-0.05, 0) is 12.8 Å². The summed E-state index contributed by atoms with van der Waals surface area (Å²) in [4.78, 5) is 32.5. The van der Waals surface area contributed by atoms with Gasteiger partial charge in [0.2, 0.25) is 27.7 Å². The van der Waals surface area contributed by atoms with Gasteiger partial charge in [-0.25, -0.2) is 13.4 Å². The minimum atomic E-state index is -3.56. The third kappa shape index (κ3) is 4.31. The number of piperidine rings is 1. The van der Waals surface area contributed by atoms with E-state index in [-0.39, 0.29) is 36.8 Å². The number of sulfonamides is 1. The van der Waals surface area contributed by atoms with Crippen molar-refractivity contribution in [3.8, 4) is 5.88 Å². The van der Waals surface area contributed by atoms with Gasteiger partial charge in [0, 0.05) is 38.3 Å². The number of imide groups is 1. The molecule has 3 heterocycles. The lowest BCUT2D eigenvalue weighted by Gasteiger charge is -2.25. The summed E-state index contributed by atoms with van der Waals surface area (Å²) >= 11 is 0. The molecule has 10 heteroatoms. The topological polar surface area (TPSA) is 110 Å². The van der Waals surface area contributed by atoms with Crippen molar-refractivity contribution in [1.82, 2.24) is 19.2 Å². The highest BCUT2D eigenvalue weighted by atomic mass is 32.2. The predicted molar refractivity (Wildman–Crippen MR) is 87.0 cm³/mol. The molecule has 2 fully saturated rings. The molecule has 0 bridgehead atoms. The van der Waals surface area contributed by atoms with Gasteiger partial charge in [-0.3, -0.25) is 19.5 Å². The molecule has 1 atom stereocenters. The maximum Gasteiger partial charge on any atom is 0.232 e. The third-order valence-corrected chi connectivity index (χ3v) is 6.10. The number of nitrogens with zero attached hydrogens (tertiary/aromatic N) is 4. The van der Waals surface area contributed by atoms with Gasteiger partial charge in [0.1, 0.15) is 6.10 Å². The van der Waals surface area contributed by atoms with E-state index in [1.165, 1.54) is 22.9 Å². The molecule has 0 N–H and O–H groups in total. The first-order valence-electron chi connectivity index (χ1n) is 8.19. The number of hydrogen-bond donors (Lipinski definition) is 0. The average molecular weight is 368 g/mol. The molecular formula is C15H20N4O5S. The molecule has 136 valence electrons. The zero-order valence-electron chi connectivity index (χ0n) is 13.7. The van der Waals surface area contributed by atoms with E-state index in [9.17, 15) is 18.0 Å². The van der Waals surface area contributed by atoms with E-state index in [4.69, 9.17) is 4.74 Å². The lowest BCUT2D eigenvalue weighted by molar-refractivity contribution is -0.147. The Morgan fingerprint density at radius 3 is 2.64 bits per heavy atom. The van der Waals surface area contributed by atoms with Gasteiger partial charge >= 0.3 is 0 Å². The van der Waals surface area contributed by atoms with Crippen LogP contribution in [-0.4, -0.2) is 70.9 Å². The van der Waals surface area contributed by atoms with Crippen molar-refractivity contribution >= 4 is 21.8 Å². The summed E-state index contributed by atoms with van der Waals surface area (Å²) < 4.78 is 31.9. The Kier molecular flexibility index (Phi) is 5.28. The van der Waals surface area contributed by atoms with Gasteiger partial charge < -0.3 is 4.74 Å². The molecular weight excluding hydrogens is 348 g/mol. The summed E-state index contributed by atoms with van der Waals surface area (Å²) in [6, 6.07) is 0. The zero-order valence-corrected chi connectivity index (χ0v) is 14.5. The lowest BCUT2D eigenvalue weighted by Crippen LogP contribution is -2.44. The third-order valence-electron chi connectivity index (χ3n) is 4.28. The van der Waals surface area contributed by atoms with Crippen LogP contribution < -0.4 is 4.74 Å². The first-order valence-corrected chi connectivity index (χ1v) is 9.80. The number of carbonyl (C=O) groups excluding carboxylic acids is 2. The highest BCUT2D eigenvalue weighted by Gasteiger charge is 2.34. The van der Waals surface area contributed by atoms with Crippen LogP contribution in [0.15, 0.2) is 18.6 Å². The van der Waals surface area contributed by atoms with Crippen molar-refractivity contribution in [2.45, 2.75) is 31.8 Å². The molecule has 0 saturated carbocycles. The second-order valence-electron chi connectivity index (χ2n) is 6.04. The Bertz CT molecular complexity index is 724. The van der Waals surface area contributed by atoms with Gasteiger partial charge in [-0.2, -0.15) is 4.31 Å². The first-order chi connectivity index (χ1) is 12.0. The number of carbonyl (C=O) groups is 2. The van der Waals surface area contributed by atoms with Gasteiger partial charge in [0.05, 0.1) is 18.5 Å². The number of aromatic nitrogens is 2. The molecule has 1 aromatic heterocycles. The minimum Gasteiger partial charge on any atom is -0.472 e. The van der Waals surface area contributed by atoms with Crippen LogP contribution in [0.2, 0.25) is 0 Å². The van der Waals surface area contributed by atoms with Crippen molar-refractivity contribution in [2.75, 3.05) is 25.4 Å². The fourth-order valence-corrected chi connectivity index (χ4v) is 4.40. The van der Waals surface area contributed by atoms with Crippen LogP contribution in [-0.2, 0) is 19.6 Å². The van der Waals surface area contributed by atoms with E-state index >= 15 is 0 Å². The maximum atomic E-state index is 12.5. The van der Waals surface area contributed by atoms with Crippen LogP contribution in [0.5, 0.6) is 5.88 Å². The summed E-state index contributed by atoms with van der Waals surface area (Å²) in [5, 5.41) is 0. The van der Waals surface area contributed by atoms with Crippen molar-refractivity contribution in [3.05, 3.63) is 18.6 Å². The van der Waals surface area contributed by atoms with Crippen LogP contribution in [0, 0.1) is 0 Å². The molecule has 2 saturated heterocycles. The van der Waals surface area contributed by atoms with Gasteiger partial charge in [-0.1, -0.05) is 0 Å². The first kappa shape index (κ1) is 17.7. The zero-order chi connectivity index (χ0) is 17.9. The van der Waals surface area contributed by atoms with Crippen molar-refractivity contribution in [1.29, 1.82) is 0 Å². The Labute approximate surface area is 146 Å². The Morgan fingerprint density at radius 2 is 1.96 bits per heavy atom. The summed E-state index contributed by atoms with van der Waals surface area (Å²) in [5.41, 5.74) is 0. The molecule has 2 amide bonds. The van der Waals surface area contributed by atoms with Crippen LogP contribution in [0.3, 0.4) is 0 Å². The highest BCUT2D eigenvalue weighted by Crippen LogP contribution is 2.19. The molecule has 2 aliphatic rings. The number of amides is 2. The van der Waals surface area contributed by atoms with Crippen molar-refractivity contribution in [3.63, 3.8) is 0 Å². The second-order valence-corrected chi connectivity index (χ2v) is 8.13. The lowest BCUT2D eigenvalue weighted by atomic mass is 10.1. The van der Waals surface area contributed by atoms with Gasteiger partial charge in [-0.15, -0.1) is 0 Å². The summed E-state index contributed by atoms with van der Waals surface area (Å²) in [5.74, 6) is -0.493. The average Bonchev–Trinajstić information content (AvgIpc) is 3.05. The fraction of sp³-hybridized carbons (Fsp3) is 0.600. The largest absolute Gasteiger partial charge is 0.472 e. The van der Waals surface area contributed by atoms with Crippen molar-refractivity contribution < 1.29 is 22.7 Å². The normalized spacial score (nSPS) is 22.4. The molecule has 9 nitrogen and oxygen atoms in total. The summed E-state index contributed by atoms with van der Waals surface area (Å²) in [7, 11) is -3.56. The summed E-state index contributed by atoms with van der Waals surface area (Å²) in [6.45, 7) is 0.474. The minimum absolute atomic E-state index is 0.0911. The monoisotopic (exact) mass is 368 g/mol. The summed E-state index contributed by atoms with van der Waals surface area (Å²) in [6.07, 6.45) is 5.90. The van der Waals surface area contributed by atoms with Crippen LogP contribution in [0.4, 0.5) is 0 Å². The smallest absolute Gasteiger partial charge is 0.232 e. The molecule has 1 aromatic rings. The highest BCUT2D eigenvalue weighted by molar-refractivity contribution is 7.89. The van der Waals surface area contributed by atoms with Crippen LogP contribution >= 0.6 is 0 Å². The number of rotatable bonds is 6. The number of likely N-dealkylation sites (tertiary alicyclic amines) is 1. The van der Waals surface area contributed by atoms with Crippen molar-refractivity contribution in [2.24, 2.45) is 0 Å². The van der Waals surface area contributed by atoms with E-state index in [0.717, 1.165) is 4.90 Å². The molecule has 1 unspecified atom stereocenters. The Morgan fingerprint density at radius 1 is 1.20 bits per heavy atom. The predicted octanol–water partition coefficient (Wildman–Crippen LogP) is -0.201. The SMILES string of the molecule is O=C1CCCC(=O)N1CCS(=O)(=O)N1CCC(Oc2cnccn2)C1. The van der Waals surface area contributed by atoms with Gasteiger partial charge in [0.15, 0.2) is 0 Å². The molecule has 0 radical (unpaired) electrons. The Balaban J connectivity index is 1.54. The fourth-order valence-electron chi connectivity index (χ4n) is 2.95. The van der Waals surface area contributed by atoms with E-state index in [1.807, 2.05) is 0 Å². The Hall–Kier alpha value is -2.07. The van der Waals surface area contributed by atoms with E-state index < -0.39 is 10.0 Å². The second kappa shape index (κ2) is 7.44. The van der Waals surface area contributed by atoms with Crippen LogP contribution in [0.25, 0.3) is 0 Å². The maximum absolute atomic E-state index is 12.5. The molecule has 0 spiro atoms. The molecule has 2 aliphatic heterocycles. The van der Waals surface area contributed by atoms with E-state index in [2.05, 4.69) is 9.97 Å². The molecule has 0 aromatic carbocycles.